The number of benzene rings is 1. The highest BCUT2D eigenvalue weighted by molar-refractivity contribution is 6.06. The van der Waals surface area contributed by atoms with Gasteiger partial charge in [-0.2, -0.15) is 4.98 Å². The van der Waals surface area contributed by atoms with Crippen LogP contribution >= 0.6 is 0 Å². The summed E-state index contributed by atoms with van der Waals surface area (Å²) in [6.07, 6.45) is 1.66. The summed E-state index contributed by atoms with van der Waals surface area (Å²) in [7, 11) is 0. The van der Waals surface area contributed by atoms with E-state index in [0.717, 1.165) is 12.8 Å². The Balaban J connectivity index is 1.51. The summed E-state index contributed by atoms with van der Waals surface area (Å²) >= 11 is 0. The van der Waals surface area contributed by atoms with Gasteiger partial charge in [-0.25, -0.2) is 4.39 Å². The maximum Gasteiger partial charge on any atom is 0.255 e. The van der Waals surface area contributed by atoms with Crippen molar-refractivity contribution in [2.45, 2.75) is 32.4 Å². The van der Waals surface area contributed by atoms with E-state index in [1.807, 2.05) is 0 Å². The predicted octanol–water partition coefficient (Wildman–Crippen LogP) is 2.85. The summed E-state index contributed by atoms with van der Waals surface area (Å²) in [5, 5.41) is 7.23. The first-order valence-electron chi connectivity index (χ1n) is 8.39. The molecule has 1 amide bonds. The SMILES string of the molecule is Cc1cc(C(=O)NCc2noc([C@H]3CCCO3)n2)c2ccc(F)cc2n1. The minimum Gasteiger partial charge on any atom is -0.368 e. The smallest absolute Gasteiger partial charge is 0.255 e. The monoisotopic (exact) mass is 356 g/mol. The van der Waals surface area contributed by atoms with Gasteiger partial charge >= 0.3 is 0 Å². The molecule has 7 nitrogen and oxygen atoms in total. The van der Waals surface area contributed by atoms with Gasteiger partial charge in [-0.3, -0.25) is 9.78 Å². The molecule has 0 bridgehead atoms. The first-order valence-corrected chi connectivity index (χ1v) is 8.39. The normalized spacial score (nSPS) is 16.9. The summed E-state index contributed by atoms with van der Waals surface area (Å²) in [5.74, 6) is 0.114. The fourth-order valence-corrected chi connectivity index (χ4v) is 3.02. The van der Waals surface area contributed by atoms with Gasteiger partial charge in [0, 0.05) is 23.8 Å². The Morgan fingerprint density at radius 2 is 2.23 bits per heavy atom. The highest BCUT2D eigenvalue weighted by Crippen LogP contribution is 2.27. The summed E-state index contributed by atoms with van der Waals surface area (Å²) in [4.78, 5) is 21.1. The van der Waals surface area contributed by atoms with Gasteiger partial charge < -0.3 is 14.6 Å². The molecule has 0 spiro atoms. The van der Waals surface area contributed by atoms with Crippen molar-refractivity contribution in [3.8, 4) is 0 Å². The molecule has 1 N–H and O–H groups in total. The lowest BCUT2D eigenvalue weighted by molar-refractivity contribution is 0.0835. The number of pyridine rings is 1. The van der Waals surface area contributed by atoms with E-state index in [9.17, 15) is 9.18 Å². The van der Waals surface area contributed by atoms with Crippen LogP contribution in [0.4, 0.5) is 4.39 Å². The van der Waals surface area contributed by atoms with Crippen molar-refractivity contribution in [2.24, 2.45) is 0 Å². The zero-order chi connectivity index (χ0) is 18.1. The Morgan fingerprint density at radius 1 is 1.35 bits per heavy atom. The van der Waals surface area contributed by atoms with E-state index in [1.54, 1.807) is 19.1 Å². The van der Waals surface area contributed by atoms with Crippen molar-refractivity contribution in [1.29, 1.82) is 0 Å². The molecule has 3 aromatic rings. The molecule has 1 aliphatic rings. The number of carbonyl (C=O) groups excluding carboxylic acids is 1. The first kappa shape index (κ1) is 16.6. The molecule has 1 atom stereocenters. The van der Waals surface area contributed by atoms with Crippen LogP contribution in [0.3, 0.4) is 0 Å². The van der Waals surface area contributed by atoms with E-state index in [2.05, 4.69) is 20.4 Å². The van der Waals surface area contributed by atoms with Crippen molar-refractivity contribution < 1.29 is 18.4 Å². The molecule has 1 aromatic carbocycles. The lowest BCUT2D eigenvalue weighted by Crippen LogP contribution is -2.24. The molecule has 1 aliphatic heterocycles. The Labute approximate surface area is 148 Å². The lowest BCUT2D eigenvalue weighted by Gasteiger charge is -2.08. The zero-order valence-electron chi connectivity index (χ0n) is 14.2. The second-order valence-electron chi connectivity index (χ2n) is 6.21. The molecule has 0 radical (unpaired) electrons. The maximum absolute atomic E-state index is 13.4. The molecule has 3 heterocycles. The van der Waals surface area contributed by atoms with Gasteiger partial charge in [-0.15, -0.1) is 0 Å². The van der Waals surface area contributed by atoms with Crippen molar-refractivity contribution in [3.05, 3.63) is 53.1 Å². The topological polar surface area (TPSA) is 90.1 Å². The van der Waals surface area contributed by atoms with E-state index in [4.69, 9.17) is 9.26 Å². The Hall–Kier alpha value is -2.87. The van der Waals surface area contributed by atoms with Crippen molar-refractivity contribution in [1.82, 2.24) is 20.4 Å². The van der Waals surface area contributed by atoms with Crippen molar-refractivity contribution >= 4 is 16.8 Å². The van der Waals surface area contributed by atoms with Crippen LogP contribution in [0, 0.1) is 12.7 Å². The molecule has 0 unspecified atom stereocenters. The van der Waals surface area contributed by atoms with Crippen LogP contribution in [0.15, 0.2) is 28.8 Å². The number of carbonyl (C=O) groups is 1. The zero-order valence-corrected chi connectivity index (χ0v) is 14.2. The maximum atomic E-state index is 13.4. The van der Waals surface area contributed by atoms with Crippen LogP contribution in [0.25, 0.3) is 10.9 Å². The van der Waals surface area contributed by atoms with Gasteiger partial charge in [-0.1, -0.05) is 5.16 Å². The Bertz CT molecular complexity index is 961. The number of halogens is 1. The van der Waals surface area contributed by atoms with Gasteiger partial charge in [-0.05, 0) is 38.0 Å². The summed E-state index contributed by atoms with van der Waals surface area (Å²) < 4.78 is 24.1. The highest BCUT2D eigenvalue weighted by Gasteiger charge is 2.24. The van der Waals surface area contributed by atoms with Crippen LogP contribution in [0.5, 0.6) is 0 Å². The largest absolute Gasteiger partial charge is 0.368 e. The second kappa shape index (κ2) is 6.80. The molecule has 8 heteroatoms. The van der Waals surface area contributed by atoms with Crippen molar-refractivity contribution in [3.63, 3.8) is 0 Å². The minimum atomic E-state index is -0.393. The van der Waals surface area contributed by atoms with E-state index in [1.165, 1.54) is 12.1 Å². The van der Waals surface area contributed by atoms with Crippen LogP contribution in [0.1, 0.15) is 46.7 Å². The molecular formula is C18H17FN4O3. The van der Waals surface area contributed by atoms with E-state index < -0.39 is 5.82 Å². The molecule has 4 rings (SSSR count). The van der Waals surface area contributed by atoms with Crippen molar-refractivity contribution in [2.75, 3.05) is 6.61 Å². The average Bonchev–Trinajstić information content (AvgIpc) is 3.29. The standard InChI is InChI=1S/C18H17FN4O3/c1-10-7-13(12-5-4-11(19)8-14(12)21-10)17(24)20-9-16-22-18(26-23-16)15-3-2-6-25-15/h4-5,7-8,15H,2-3,6,9H2,1H3,(H,20,24)/t15-/m1/s1. The van der Waals surface area contributed by atoms with E-state index in [-0.39, 0.29) is 18.6 Å². The quantitative estimate of drug-likeness (QED) is 0.773. The predicted molar refractivity (Wildman–Crippen MR) is 89.8 cm³/mol. The number of aryl methyl sites for hydroxylation is 1. The lowest BCUT2D eigenvalue weighted by atomic mass is 10.1. The van der Waals surface area contributed by atoms with E-state index >= 15 is 0 Å². The van der Waals surface area contributed by atoms with Crippen LogP contribution in [0.2, 0.25) is 0 Å². The third-order valence-corrected chi connectivity index (χ3v) is 4.24. The number of rotatable bonds is 4. The third-order valence-electron chi connectivity index (χ3n) is 4.24. The minimum absolute atomic E-state index is 0.124. The highest BCUT2D eigenvalue weighted by atomic mass is 19.1. The third kappa shape index (κ3) is 3.28. The average molecular weight is 356 g/mol. The van der Waals surface area contributed by atoms with Gasteiger partial charge in [0.2, 0.25) is 0 Å². The number of aromatic nitrogens is 3. The van der Waals surface area contributed by atoms with E-state index in [0.29, 0.717) is 40.5 Å². The molecule has 26 heavy (non-hydrogen) atoms. The number of hydrogen-bond acceptors (Lipinski definition) is 6. The number of hydrogen-bond donors (Lipinski definition) is 1. The first-order chi connectivity index (χ1) is 12.6. The molecule has 0 aliphatic carbocycles. The number of amides is 1. The molecule has 1 saturated heterocycles. The summed E-state index contributed by atoms with van der Waals surface area (Å²) in [6.45, 7) is 2.57. The number of fused-ring (bicyclic) bond motifs is 1. The molecule has 2 aromatic heterocycles. The second-order valence-corrected chi connectivity index (χ2v) is 6.21. The fraction of sp³-hybridized carbons (Fsp3) is 0.333. The molecule has 0 saturated carbocycles. The van der Waals surface area contributed by atoms with Gasteiger partial charge in [0.15, 0.2) is 5.82 Å². The van der Waals surface area contributed by atoms with Gasteiger partial charge in [0.05, 0.1) is 17.6 Å². The van der Waals surface area contributed by atoms with Crippen LogP contribution < -0.4 is 5.32 Å². The van der Waals surface area contributed by atoms with Gasteiger partial charge in [0.25, 0.3) is 11.8 Å². The Morgan fingerprint density at radius 3 is 3.04 bits per heavy atom. The number of nitrogens with one attached hydrogen (secondary N) is 1. The Kier molecular flexibility index (Phi) is 4.34. The van der Waals surface area contributed by atoms with Crippen LogP contribution in [-0.2, 0) is 11.3 Å². The van der Waals surface area contributed by atoms with Crippen LogP contribution in [-0.4, -0.2) is 27.6 Å². The molecule has 134 valence electrons. The number of ether oxygens (including phenoxy) is 1. The summed E-state index contributed by atoms with van der Waals surface area (Å²) in [5.41, 5.74) is 1.50. The molecule has 1 fully saturated rings. The summed E-state index contributed by atoms with van der Waals surface area (Å²) in [6, 6.07) is 5.84. The fourth-order valence-electron chi connectivity index (χ4n) is 3.02. The molecular weight excluding hydrogens is 339 g/mol. The number of nitrogens with zero attached hydrogens (tertiary/aromatic N) is 3. The van der Waals surface area contributed by atoms with Gasteiger partial charge in [0.1, 0.15) is 11.9 Å².